The van der Waals surface area contributed by atoms with E-state index in [1.54, 1.807) is 0 Å². The molecule has 2 rings (SSSR count). The van der Waals surface area contributed by atoms with Gasteiger partial charge < -0.3 is 10.3 Å². The van der Waals surface area contributed by atoms with E-state index in [0.29, 0.717) is 0 Å². The Morgan fingerprint density at radius 2 is 2.25 bits per heavy atom. The van der Waals surface area contributed by atoms with Crippen LogP contribution in [0.1, 0.15) is 19.2 Å². The number of rotatable bonds is 3. The minimum Gasteiger partial charge on any atom is -0.397 e. The maximum atomic E-state index is 6.00. The molecule has 0 aliphatic rings. The van der Waals surface area contributed by atoms with E-state index in [4.69, 9.17) is 5.73 Å². The van der Waals surface area contributed by atoms with Crippen molar-refractivity contribution in [2.24, 2.45) is 0 Å². The first-order chi connectivity index (χ1) is 7.72. The van der Waals surface area contributed by atoms with Crippen LogP contribution in [0, 0.1) is 0 Å². The van der Waals surface area contributed by atoms with Crippen molar-refractivity contribution >= 4 is 21.6 Å². The van der Waals surface area contributed by atoms with Crippen molar-refractivity contribution in [3.63, 3.8) is 0 Å². The molecule has 0 amide bonds. The molecule has 1 heterocycles. The highest BCUT2D eigenvalue weighted by atomic mass is 79.9. The molecule has 0 unspecified atom stereocenters. The fourth-order valence-electron chi connectivity index (χ4n) is 1.71. The zero-order valence-corrected chi connectivity index (χ0v) is 10.7. The maximum Gasteiger partial charge on any atom is 0.113 e. The van der Waals surface area contributed by atoms with Crippen molar-refractivity contribution in [1.29, 1.82) is 0 Å². The second-order valence-electron chi connectivity index (χ2n) is 3.67. The summed E-state index contributed by atoms with van der Waals surface area (Å²) in [6.45, 7) is 2.14. The van der Waals surface area contributed by atoms with Gasteiger partial charge in [0.15, 0.2) is 0 Å². The van der Waals surface area contributed by atoms with Crippen LogP contribution in [0.5, 0.6) is 0 Å². The molecule has 0 spiro atoms. The lowest BCUT2D eigenvalue weighted by atomic mass is 10.2. The van der Waals surface area contributed by atoms with Crippen LogP contribution in [0.15, 0.2) is 35.1 Å². The lowest BCUT2D eigenvalue weighted by Gasteiger charge is -2.10. The monoisotopic (exact) mass is 279 g/mol. The molecule has 0 atom stereocenters. The molecule has 3 nitrogen and oxygen atoms in total. The Kier molecular flexibility index (Phi) is 3.29. The molecule has 4 heteroatoms. The summed E-state index contributed by atoms with van der Waals surface area (Å²) < 4.78 is 3.04. The molecule has 2 N–H and O–H groups in total. The first-order valence-electron chi connectivity index (χ1n) is 5.30. The first-order valence-corrected chi connectivity index (χ1v) is 6.09. The number of hydrogen-bond acceptors (Lipinski definition) is 2. The van der Waals surface area contributed by atoms with Crippen LogP contribution in [0.25, 0.3) is 5.69 Å². The average molecular weight is 280 g/mol. The third-order valence-electron chi connectivity index (χ3n) is 2.44. The van der Waals surface area contributed by atoms with Crippen LogP contribution < -0.4 is 5.73 Å². The van der Waals surface area contributed by atoms with Gasteiger partial charge in [-0.05, 0) is 24.6 Å². The number of benzene rings is 1. The molecule has 1 aromatic heterocycles. The second-order valence-corrected chi connectivity index (χ2v) is 4.58. The molecular weight excluding hydrogens is 266 g/mol. The SMILES string of the molecule is CCCc1nccn1-c1ccc(Br)cc1N. The molecule has 0 bridgehead atoms. The minimum atomic E-state index is 0.754. The molecule has 0 radical (unpaired) electrons. The first kappa shape index (κ1) is 11.2. The van der Waals surface area contributed by atoms with Crippen molar-refractivity contribution in [2.75, 3.05) is 5.73 Å². The van der Waals surface area contributed by atoms with Crippen LogP contribution in [-0.2, 0) is 6.42 Å². The zero-order valence-electron chi connectivity index (χ0n) is 9.15. The number of nitrogens with zero attached hydrogens (tertiary/aromatic N) is 2. The summed E-state index contributed by atoms with van der Waals surface area (Å²) in [4.78, 5) is 4.34. The van der Waals surface area contributed by atoms with E-state index in [1.165, 1.54) is 0 Å². The Labute approximate surface area is 103 Å². The quantitative estimate of drug-likeness (QED) is 0.877. The molecule has 0 aliphatic carbocycles. The molecule has 0 saturated carbocycles. The fraction of sp³-hybridized carbons (Fsp3) is 0.250. The maximum absolute atomic E-state index is 6.00. The number of imidazole rings is 1. The van der Waals surface area contributed by atoms with E-state index in [2.05, 4.69) is 27.8 Å². The topological polar surface area (TPSA) is 43.8 Å². The third-order valence-corrected chi connectivity index (χ3v) is 2.93. The van der Waals surface area contributed by atoms with E-state index in [0.717, 1.165) is 34.5 Å². The highest BCUT2D eigenvalue weighted by Gasteiger charge is 2.07. The van der Waals surface area contributed by atoms with E-state index in [1.807, 2.05) is 35.2 Å². The van der Waals surface area contributed by atoms with Gasteiger partial charge in [-0.1, -0.05) is 22.9 Å². The van der Waals surface area contributed by atoms with Crippen molar-refractivity contribution in [3.8, 4) is 5.69 Å². The summed E-state index contributed by atoms with van der Waals surface area (Å²) in [5.41, 5.74) is 7.74. The lowest BCUT2D eigenvalue weighted by Crippen LogP contribution is -2.03. The predicted octanol–water partition coefficient (Wildman–Crippen LogP) is 3.17. The summed E-state index contributed by atoms with van der Waals surface area (Å²) in [5, 5.41) is 0. The molecule has 0 fully saturated rings. The molecule has 0 aliphatic heterocycles. The van der Waals surface area contributed by atoms with E-state index >= 15 is 0 Å². The zero-order chi connectivity index (χ0) is 11.5. The highest BCUT2D eigenvalue weighted by Crippen LogP contribution is 2.23. The smallest absolute Gasteiger partial charge is 0.113 e. The Morgan fingerprint density at radius 1 is 1.44 bits per heavy atom. The summed E-state index contributed by atoms with van der Waals surface area (Å²) in [5.74, 6) is 1.05. The second kappa shape index (κ2) is 4.70. The fourth-order valence-corrected chi connectivity index (χ4v) is 2.09. The van der Waals surface area contributed by atoms with Gasteiger partial charge in [0.2, 0.25) is 0 Å². The van der Waals surface area contributed by atoms with Gasteiger partial charge in [0, 0.05) is 23.3 Å². The molecule has 16 heavy (non-hydrogen) atoms. The largest absolute Gasteiger partial charge is 0.397 e. The lowest BCUT2D eigenvalue weighted by molar-refractivity contribution is 0.810. The van der Waals surface area contributed by atoms with E-state index < -0.39 is 0 Å². The van der Waals surface area contributed by atoms with Gasteiger partial charge in [0.1, 0.15) is 5.82 Å². The molecule has 84 valence electrons. The molecule has 1 aromatic carbocycles. The van der Waals surface area contributed by atoms with Crippen molar-refractivity contribution in [3.05, 3.63) is 40.9 Å². The Hall–Kier alpha value is -1.29. The Morgan fingerprint density at radius 3 is 2.94 bits per heavy atom. The van der Waals surface area contributed by atoms with Crippen LogP contribution in [0.4, 0.5) is 5.69 Å². The summed E-state index contributed by atoms with van der Waals surface area (Å²) in [7, 11) is 0. The van der Waals surface area contributed by atoms with Gasteiger partial charge in [-0.2, -0.15) is 0 Å². The van der Waals surface area contributed by atoms with Gasteiger partial charge in [0.25, 0.3) is 0 Å². The van der Waals surface area contributed by atoms with E-state index in [9.17, 15) is 0 Å². The Balaban J connectivity index is 2.46. The van der Waals surface area contributed by atoms with Crippen LogP contribution in [0.2, 0.25) is 0 Å². The molecule has 0 saturated heterocycles. The number of halogens is 1. The van der Waals surface area contributed by atoms with Gasteiger partial charge in [-0.3, -0.25) is 0 Å². The van der Waals surface area contributed by atoms with E-state index in [-0.39, 0.29) is 0 Å². The van der Waals surface area contributed by atoms with Crippen LogP contribution in [0.3, 0.4) is 0 Å². The normalized spacial score (nSPS) is 10.6. The van der Waals surface area contributed by atoms with Gasteiger partial charge >= 0.3 is 0 Å². The summed E-state index contributed by atoms with van der Waals surface area (Å²) in [6, 6.07) is 5.90. The van der Waals surface area contributed by atoms with Crippen LogP contribution >= 0.6 is 15.9 Å². The number of aryl methyl sites for hydroxylation is 1. The number of nitrogens with two attached hydrogens (primary N) is 1. The van der Waals surface area contributed by atoms with Gasteiger partial charge in [-0.25, -0.2) is 4.98 Å². The van der Waals surface area contributed by atoms with Crippen LogP contribution in [-0.4, -0.2) is 9.55 Å². The molecule has 2 aromatic rings. The standard InChI is InChI=1S/C12H14BrN3/c1-2-3-12-15-6-7-16(12)11-5-4-9(13)8-10(11)14/h4-8H,2-3,14H2,1H3. The van der Waals surface area contributed by atoms with Gasteiger partial charge in [0.05, 0.1) is 11.4 Å². The summed E-state index contributed by atoms with van der Waals surface area (Å²) in [6.07, 6.45) is 5.80. The number of anilines is 1. The van der Waals surface area contributed by atoms with Crippen molar-refractivity contribution in [2.45, 2.75) is 19.8 Å². The highest BCUT2D eigenvalue weighted by molar-refractivity contribution is 9.10. The van der Waals surface area contributed by atoms with Crippen molar-refractivity contribution in [1.82, 2.24) is 9.55 Å². The summed E-state index contributed by atoms with van der Waals surface area (Å²) >= 11 is 3.40. The molecular formula is C12H14BrN3. The Bertz CT molecular complexity index is 491. The van der Waals surface area contributed by atoms with Gasteiger partial charge in [-0.15, -0.1) is 0 Å². The van der Waals surface area contributed by atoms with Crippen molar-refractivity contribution < 1.29 is 0 Å². The number of hydrogen-bond donors (Lipinski definition) is 1. The minimum absolute atomic E-state index is 0.754. The number of aromatic nitrogens is 2. The average Bonchev–Trinajstić information content (AvgIpc) is 2.67. The number of nitrogen functional groups attached to an aromatic ring is 1. The predicted molar refractivity (Wildman–Crippen MR) is 69.7 cm³/mol. The third kappa shape index (κ3) is 2.11.